The predicted molar refractivity (Wildman–Crippen MR) is 72.0 cm³/mol. The summed E-state index contributed by atoms with van der Waals surface area (Å²) in [5, 5.41) is 7.53. The van der Waals surface area contributed by atoms with Crippen LogP contribution < -0.4 is 10.6 Å². The van der Waals surface area contributed by atoms with E-state index in [0.717, 1.165) is 13.1 Å². The fourth-order valence-corrected chi connectivity index (χ4v) is 2.41. The van der Waals surface area contributed by atoms with Crippen LogP contribution in [0.5, 0.6) is 0 Å². The van der Waals surface area contributed by atoms with Gasteiger partial charge in [-0.2, -0.15) is 0 Å². The average molecular weight is 248 g/mol. The predicted octanol–water partition coefficient (Wildman–Crippen LogP) is 0.291. The van der Waals surface area contributed by atoms with Crippen molar-refractivity contribution in [3.8, 4) is 0 Å². The molecule has 0 aliphatic carbocycles. The molecule has 0 saturated carbocycles. The van der Waals surface area contributed by atoms with E-state index in [1.54, 1.807) is 12.4 Å². The van der Waals surface area contributed by atoms with Crippen LogP contribution in [-0.2, 0) is 0 Å². The first kappa shape index (κ1) is 12.8. The molecular formula is C12H20N6. The van der Waals surface area contributed by atoms with Crippen LogP contribution in [0.2, 0.25) is 0 Å². The third-order valence-corrected chi connectivity index (χ3v) is 3.45. The molecule has 1 fully saturated rings. The van der Waals surface area contributed by atoms with E-state index in [1.807, 2.05) is 11.9 Å². The number of nitrogens with zero attached hydrogens (tertiary/aromatic N) is 4. The van der Waals surface area contributed by atoms with E-state index in [1.165, 1.54) is 12.8 Å². The minimum atomic E-state index is -0.0373. The first-order valence-electron chi connectivity index (χ1n) is 6.16. The van der Waals surface area contributed by atoms with Crippen molar-refractivity contribution in [1.29, 1.82) is 5.41 Å². The quantitative estimate of drug-likeness (QED) is 0.591. The maximum atomic E-state index is 7.53. The minimum Gasteiger partial charge on any atom is -0.382 e. The summed E-state index contributed by atoms with van der Waals surface area (Å²) in [4.78, 5) is 12.8. The van der Waals surface area contributed by atoms with E-state index in [4.69, 9.17) is 11.1 Å². The van der Waals surface area contributed by atoms with Crippen LogP contribution in [0, 0.1) is 5.41 Å². The van der Waals surface area contributed by atoms with Gasteiger partial charge in [0, 0.05) is 32.0 Å². The van der Waals surface area contributed by atoms with Crippen molar-refractivity contribution in [1.82, 2.24) is 14.9 Å². The molecule has 1 unspecified atom stereocenters. The molecule has 6 nitrogen and oxygen atoms in total. The van der Waals surface area contributed by atoms with Crippen molar-refractivity contribution in [2.75, 3.05) is 32.1 Å². The number of likely N-dealkylation sites (tertiary alicyclic amines) is 1. The van der Waals surface area contributed by atoms with Crippen LogP contribution >= 0.6 is 0 Å². The van der Waals surface area contributed by atoms with Gasteiger partial charge in [-0.25, -0.2) is 9.97 Å². The van der Waals surface area contributed by atoms with Crippen molar-refractivity contribution < 1.29 is 0 Å². The van der Waals surface area contributed by atoms with E-state index in [2.05, 4.69) is 21.9 Å². The molecule has 0 radical (unpaired) electrons. The topological polar surface area (TPSA) is 82.1 Å². The standard InChI is InChI=1S/C12H20N6/c1-17-7-3-4-9(17)8-18(2)12-10(11(13)14)15-5-6-16-12/h5-6,9H,3-4,7-8H2,1-2H3,(H3,13,14). The summed E-state index contributed by atoms with van der Waals surface area (Å²) < 4.78 is 0. The molecule has 6 heteroatoms. The molecule has 1 aromatic rings. The molecule has 98 valence electrons. The zero-order chi connectivity index (χ0) is 13.1. The fraction of sp³-hybridized carbons (Fsp3) is 0.583. The Hall–Kier alpha value is -1.69. The monoisotopic (exact) mass is 248 g/mol. The van der Waals surface area contributed by atoms with Crippen LogP contribution in [0.15, 0.2) is 12.4 Å². The first-order chi connectivity index (χ1) is 8.59. The number of hydrogen-bond donors (Lipinski definition) is 2. The van der Waals surface area contributed by atoms with Crippen LogP contribution in [0.25, 0.3) is 0 Å². The van der Waals surface area contributed by atoms with Crippen molar-refractivity contribution in [3.05, 3.63) is 18.1 Å². The number of likely N-dealkylation sites (N-methyl/N-ethyl adjacent to an activating group) is 2. The molecule has 0 aromatic carbocycles. The van der Waals surface area contributed by atoms with E-state index < -0.39 is 0 Å². The number of nitrogens with one attached hydrogen (secondary N) is 1. The maximum Gasteiger partial charge on any atom is 0.158 e. The smallest absolute Gasteiger partial charge is 0.158 e. The highest BCUT2D eigenvalue weighted by Crippen LogP contribution is 2.19. The molecular weight excluding hydrogens is 228 g/mol. The van der Waals surface area contributed by atoms with Gasteiger partial charge in [0.15, 0.2) is 5.82 Å². The fourth-order valence-electron chi connectivity index (χ4n) is 2.41. The summed E-state index contributed by atoms with van der Waals surface area (Å²) in [5.74, 6) is 0.648. The third kappa shape index (κ3) is 2.59. The van der Waals surface area contributed by atoms with E-state index in [9.17, 15) is 0 Å². The van der Waals surface area contributed by atoms with Crippen LogP contribution in [0.1, 0.15) is 18.5 Å². The van der Waals surface area contributed by atoms with Crippen molar-refractivity contribution in [2.45, 2.75) is 18.9 Å². The summed E-state index contributed by atoms with van der Waals surface area (Å²) in [7, 11) is 4.12. The van der Waals surface area contributed by atoms with Crippen LogP contribution in [0.4, 0.5) is 5.82 Å². The second-order valence-electron chi connectivity index (χ2n) is 4.80. The molecule has 1 atom stereocenters. The summed E-state index contributed by atoms with van der Waals surface area (Å²) >= 11 is 0. The zero-order valence-corrected chi connectivity index (χ0v) is 10.9. The molecule has 2 rings (SSSR count). The van der Waals surface area contributed by atoms with Crippen LogP contribution in [-0.4, -0.2) is 53.9 Å². The Morgan fingerprint density at radius 3 is 2.89 bits per heavy atom. The Labute approximate surface area is 107 Å². The molecule has 18 heavy (non-hydrogen) atoms. The van der Waals surface area contributed by atoms with Gasteiger partial charge < -0.3 is 15.5 Å². The number of aromatic nitrogens is 2. The van der Waals surface area contributed by atoms with Crippen molar-refractivity contribution in [3.63, 3.8) is 0 Å². The number of nitrogen functional groups attached to an aromatic ring is 1. The van der Waals surface area contributed by atoms with Gasteiger partial charge in [0.25, 0.3) is 0 Å². The van der Waals surface area contributed by atoms with Gasteiger partial charge >= 0.3 is 0 Å². The number of nitrogens with two attached hydrogens (primary N) is 1. The molecule has 0 spiro atoms. The number of hydrogen-bond acceptors (Lipinski definition) is 5. The normalized spacial score (nSPS) is 20.0. The van der Waals surface area contributed by atoms with Crippen LogP contribution in [0.3, 0.4) is 0 Å². The highest BCUT2D eigenvalue weighted by Gasteiger charge is 2.23. The number of anilines is 1. The second-order valence-corrected chi connectivity index (χ2v) is 4.80. The van der Waals surface area contributed by atoms with Gasteiger partial charge in [-0.05, 0) is 26.4 Å². The first-order valence-corrected chi connectivity index (χ1v) is 6.16. The summed E-state index contributed by atoms with van der Waals surface area (Å²) in [6, 6.07) is 0.539. The molecule has 0 bridgehead atoms. The highest BCUT2D eigenvalue weighted by atomic mass is 15.2. The molecule has 2 heterocycles. The van der Waals surface area contributed by atoms with Crippen molar-refractivity contribution in [2.24, 2.45) is 5.73 Å². The third-order valence-electron chi connectivity index (χ3n) is 3.45. The van der Waals surface area contributed by atoms with Crippen molar-refractivity contribution >= 4 is 11.7 Å². The molecule has 1 aromatic heterocycles. The summed E-state index contributed by atoms with van der Waals surface area (Å²) in [6.45, 7) is 2.04. The number of amidine groups is 1. The molecule has 1 aliphatic rings. The lowest BCUT2D eigenvalue weighted by Crippen LogP contribution is -2.38. The Bertz CT molecular complexity index is 432. The lowest BCUT2D eigenvalue weighted by molar-refractivity contribution is 0.314. The lowest BCUT2D eigenvalue weighted by Gasteiger charge is -2.27. The Morgan fingerprint density at radius 1 is 1.56 bits per heavy atom. The lowest BCUT2D eigenvalue weighted by atomic mass is 10.2. The van der Waals surface area contributed by atoms with E-state index in [0.29, 0.717) is 17.6 Å². The number of rotatable bonds is 4. The Kier molecular flexibility index (Phi) is 3.76. The van der Waals surface area contributed by atoms with Gasteiger partial charge in [-0.1, -0.05) is 0 Å². The van der Waals surface area contributed by atoms with Gasteiger partial charge in [0.1, 0.15) is 11.5 Å². The zero-order valence-electron chi connectivity index (χ0n) is 10.9. The highest BCUT2D eigenvalue weighted by molar-refractivity contribution is 5.97. The summed E-state index contributed by atoms with van der Waals surface area (Å²) in [5.41, 5.74) is 5.99. The van der Waals surface area contributed by atoms with Gasteiger partial charge in [0.2, 0.25) is 0 Å². The van der Waals surface area contributed by atoms with Gasteiger partial charge in [-0.3, -0.25) is 5.41 Å². The van der Waals surface area contributed by atoms with Gasteiger partial charge in [0.05, 0.1) is 0 Å². The average Bonchev–Trinajstić information content (AvgIpc) is 2.75. The largest absolute Gasteiger partial charge is 0.382 e. The Morgan fingerprint density at radius 2 is 2.28 bits per heavy atom. The second kappa shape index (κ2) is 5.30. The van der Waals surface area contributed by atoms with Gasteiger partial charge in [-0.15, -0.1) is 0 Å². The Balaban J connectivity index is 2.13. The molecule has 0 amide bonds. The maximum absolute atomic E-state index is 7.53. The van der Waals surface area contributed by atoms with E-state index >= 15 is 0 Å². The molecule has 1 aliphatic heterocycles. The molecule has 1 saturated heterocycles. The molecule has 3 N–H and O–H groups in total. The van der Waals surface area contributed by atoms with E-state index in [-0.39, 0.29) is 5.84 Å². The SMILES string of the molecule is CN(CC1CCCN1C)c1nccnc1C(=N)N. The minimum absolute atomic E-state index is 0.0373. The summed E-state index contributed by atoms with van der Waals surface area (Å²) in [6.07, 6.45) is 5.65.